The summed E-state index contributed by atoms with van der Waals surface area (Å²) in [7, 11) is 0. The topological polar surface area (TPSA) is 58.4 Å². The fraction of sp³-hybridized carbons (Fsp3) is 0.462. The number of carbonyl (C=O) groups excluding carboxylic acids is 1. The number of nitrogens with one attached hydrogen (secondary N) is 1. The SMILES string of the molecule is CC(CN)CN1CCC(=O)Nc2ccccc21. The Balaban J connectivity index is 2.25. The third-order valence-electron chi connectivity index (χ3n) is 3.06. The van der Waals surface area contributed by atoms with Gasteiger partial charge in [-0.1, -0.05) is 19.1 Å². The average Bonchev–Trinajstić information content (AvgIpc) is 2.49. The van der Waals surface area contributed by atoms with Gasteiger partial charge in [-0.3, -0.25) is 4.79 Å². The number of para-hydroxylation sites is 2. The third-order valence-corrected chi connectivity index (χ3v) is 3.06. The number of amides is 1. The second kappa shape index (κ2) is 5.19. The van der Waals surface area contributed by atoms with E-state index in [1.807, 2.05) is 24.3 Å². The quantitative estimate of drug-likeness (QED) is 0.830. The zero-order valence-electron chi connectivity index (χ0n) is 10.1. The highest BCUT2D eigenvalue weighted by atomic mass is 16.1. The normalized spacial score (nSPS) is 17.1. The molecule has 0 aromatic heterocycles. The summed E-state index contributed by atoms with van der Waals surface area (Å²) >= 11 is 0. The molecule has 1 aliphatic rings. The van der Waals surface area contributed by atoms with Crippen LogP contribution in [-0.2, 0) is 4.79 Å². The summed E-state index contributed by atoms with van der Waals surface area (Å²) in [4.78, 5) is 13.8. The lowest BCUT2D eigenvalue weighted by Gasteiger charge is -2.26. The summed E-state index contributed by atoms with van der Waals surface area (Å²) in [6, 6.07) is 7.92. The largest absolute Gasteiger partial charge is 0.369 e. The molecule has 1 aromatic carbocycles. The highest BCUT2D eigenvalue weighted by molar-refractivity contribution is 5.96. The Labute approximate surface area is 102 Å². The van der Waals surface area contributed by atoms with Crippen molar-refractivity contribution in [2.24, 2.45) is 11.7 Å². The number of hydrogen-bond acceptors (Lipinski definition) is 3. The number of rotatable bonds is 3. The number of nitrogens with zero attached hydrogens (tertiary/aromatic N) is 1. The zero-order valence-corrected chi connectivity index (χ0v) is 10.1. The second-order valence-electron chi connectivity index (χ2n) is 4.60. The lowest BCUT2D eigenvalue weighted by molar-refractivity contribution is -0.115. The summed E-state index contributed by atoms with van der Waals surface area (Å²) in [6.07, 6.45) is 0.534. The van der Waals surface area contributed by atoms with E-state index in [1.54, 1.807) is 0 Å². The van der Waals surface area contributed by atoms with Crippen LogP contribution in [0.5, 0.6) is 0 Å². The molecule has 0 fully saturated rings. The van der Waals surface area contributed by atoms with Crippen molar-refractivity contribution in [1.29, 1.82) is 0 Å². The van der Waals surface area contributed by atoms with Gasteiger partial charge in [0.2, 0.25) is 5.91 Å². The van der Waals surface area contributed by atoms with Crippen molar-refractivity contribution in [3.05, 3.63) is 24.3 Å². The standard InChI is InChI=1S/C13H19N3O/c1-10(8-14)9-16-7-6-13(17)15-11-4-2-3-5-12(11)16/h2-5,10H,6-9,14H2,1H3,(H,15,17). The molecule has 1 heterocycles. The first kappa shape index (κ1) is 11.9. The summed E-state index contributed by atoms with van der Waals surface area (Å²) in [6.45, 7) is 4.44. The van der Waals surface area contributed by atoms with Crippen LogP contribution < -0.4 is 16.0 Å². The zero-order chi connectivity index (χ0) is 12.3. The van der Waals surface area contributed by atoms with E-state index in [1.165, 1.54) is 0 Å². The van der Waals surface area contributed by atoms with Gasteiger partial charge in [-0.05, 0) is 24.6 Å². The van der Waals surface area contributed by atoms with E-state index in [0.717, 1.165) is 24.5 Å². The molecule has 0 saturated heterocycles. The maximum absolute atomic E-state index is 11.6. The molecule has 0 radical (unpaired) electrons. The maximum atomic E-state index is 11.6. The highest BCUT2D eigenvalue weighted by Crippen LogP contribution is 2.28. The Morgan fingerprint density at radius 2 is 2.24 bits per heavy atom. The molecule has 0 bridgehead atoms. The van der Waals surface area contributed by atoms with Crippen LogP contribution >= 0.6 is 0 Å². The molecular formula is C13H19N3O. The molecule has 3 N–H and O–H groups in total. The van der Waals surface area contributed by atoms with E-state index in [2.05, 4.69) is 17.1 Å². The predicted octanol–water partition coefficient (Wildman–Crippen LogP) is 1.43. The number of carbonyl (C=O) groups is 1. The molecule has 92 valence electrons. The smallest absolute Gasteiger partial charge is 0.226 e. The van der Waals surface area contributed by atoms with Gasteiger partial charge in [-0.2, -0.15) is 0 Å². The molecule has 2 rings (SSSR count). The minimum atomic E-state index is 0.0837. The summed E-state index contributed by atoms with van der Waals surface area (Å²) < 4.78 is 0. The first-order valence-electron chi connectivity index (χ1n) is 6.04. The maximum Gasteiger partial charge on any atom is 0.226 e. The van der Waals surface area contributed by atoms with Crippen molar-refractivity contribution in [3.8, 4) is 0 Å². The van der Waals surface area contributed by atoms with E-state index in [9.17, 15) is 4.79 Å². The van der Waals surface area contributed by atoms with E-state index in [4.69, 9.17) is 5.73 Å². The van der Waals surface area contributed by atoms with Gasteiger partial charge < -0.3 is 16.0 Å². The van der Waals surface area contributed by atoms with Crippen LogP contribution in [-0.4, -0.2) is 25.5 Å². The Morgan fingerprint density at radius 1 is 1.47 bits per heavy atom. The first-order chi connectivity index (χ1) is 8.20. The first-order valence-corrected chi connectivity index (χ1v) is 6.04. The summed E-state index contributed by atoms with van der Waals surface area (Å²) in [5, 5.41) is 2.93. The van der Waals surface area contributed by atoms with Gasteiger partial charge in [0.25, 0.3) is 0 Å². The molecule has 4 nitrogen and oxygen atoms in total. The second-order valence-corrected chi connectivity index (χ2v) is 4.60. The molecule has 0 aliphatic carbocycles. The Kier molecular flexibility index (Phi) is 3.64. The Bertz CT molecular complexity index is 405. The lowest BCUT2D eigenvalue weighted by atomic mass is 10.1. The molecular weight excluding hydrogens is 214 g/mol. The van der Waals surface area contributed by atoms with Gasteiger partial charge in [-0.25, -0.2) is 0 Å². The molecule has 1 unspecified atom stereocenters. The van der Waals surface area contributed by atoms with Crippen LogP contribution in [0.3, 0.4) is 0 Å². The van der Waals surface area contributed by atoms with E-state index >= 15 is 0 Å². The van der Waals surface area contributed by atoms with Crippen molar-refractivity contribution in [2.75, 3.05) is 29.9 Å². The van der Waals surface area contributed by atoms with Gasteiger partial charge >= 0.3 is 0 Å². The van der Waals surface area contributed by atoms with Crippen LogP contribution in [0.2, 0.25) is 0 Å². The minimum Gasteiger partial charge on any atom is -0.369 e. The van der Waals surface area contributed by atoms with Gasteiger partial charge in [0, 0.05) is 19.5 Å². The molecule has 4 heteroatoms. The van der Waals surface area contributed by atoms with Gasteiger partial charge in [0.05, 0.1) is 11.4 Å². The van der Waals surface area contributed by atoms with E-state index < -0.39 is 0 Å². The van der Waals surface area contributed by atoms with Crippen molar-refractivity contribution in [3.63, 3.8) is 0 Å². The predicted molar refractivity (Wildman–Crippen MR) is 70.1 cm³/mol. The molecule has 17 heavy (non-hydrogen) atoms. The van der Waals surface area contributed by atoms with Crippen LogP contribution in [0.4, 0.5) is 11.4 Å². The van der Waals surface area contributed by atoms with Crippen molar-refractivity contribution in [1.82, 2.24) is 0 Å². The van der Waals surface area contributed by atoms with Gasteiger partial charge in [-0.15, -0.1) is 0 Å². The number of nitrogens with two attached hydrogens (primary N) is 1. The monoisotopic (exact) mass is 233 g/mol. The molecule has 1 amide bonds. The van der Waals surface area contributed by atoms with Crippen molar-refractivity contribution >= 4 is 17.3 Å². The number of benzene rings is 1. The molecule has 1 aromatic rings. The molecule has 0 saturated carbocycles. The number of anilines is 2. The van der Waals surface area contributed by atoms with E-state index in [0.29, 0.717) is 18.9 Å². The fourth-order valence-corrected chi connectivity index (χ4v) is 2.07. The molecule has 0 spiro atoms. The fourth-order valence-electron chi connectivity index (χ4n) is 2.07. The Hall–Kier alpha value is -1.55. The third kappa shape index (κ3) is 2.77. The van der Waals surface area contributed by atoms with Crippen molar-refractivity contribution in [2.45, 2.75) is 13.3 Å². The number of fused-ring (bicyclic) bond motifs is 1. The van der Waals surface area contributed by atoms with Crippen molar-refractivity contribution < 1.29 is 4.79 Å². The number of hydrogen-bond donors (Lipinski definition) is 2. The lowest BCUT2D eigenvalue weighted by Crippen LogP contribution is -2.32. The highest BCUT2D eigenvalue weighted by Gasteiger charge is 2.19. The van der Waals surface area contributed by atoms with Crippen LogP contribution in [0.1, 0.15) is 13.3 Å². The van der Waals surface area contributed by atoms with Gasteiger partial charge in [0.1, 0.15) is 0 Å². The van der Waals surface area contributed by atoms with Crippen LogP contribution in [0.15, 0.2) is 24.3 Å². The minimum absolute atomic E-state index is 0.0837. The van der Waals surface area contributed by atoms with Gasteiger partial charge in [0.15, 0.2) is 0 Å². The molecule has 1 aliphatic heterocycles. The Morgan fingerprint density at radius 3 is 3.00 bits per heavy atom. The van der Waals surface area contributed by atoms with Crippen LogP contribution in [0.25, 0.3) is 0 Å². The average molecular weight is 233 g/mol. The van der Waals surface area contributed by atoms with Crippen LogP contribution in [0, 0.1) is 5.92 Å². The van der Waals surface area contributed by atoms with E-state index in [-0.39, 0.29) is 5.91 Å². The summed E-state index contributed by atoms with van der Waals surface area (Å²) in [5.74, 6) is 0.511. The molecule has 1 atom stereocenters. The summed E-state index contributed by atoms with van der Waals surface area (Å²) in [5.41, 5.74) is 7.66.